The normalized spacial score (nSPS) is 14.6. The van der Waals surface area contributed by atoms with Crippen LogP contribution in [0.2, 0.25) is 5.02 Å². The number of rotatable bonds is 6. The number of imide groups is 1. The van der Waals surface area contributed by atoms with E-state index in [1.54, 1.807) is 42.1 Å². The number of nitriles is 1. The van der Waals surface area contributed by atoms with Crippen LogP contribution in [-0.4, -0.2) is 33.6 Å². The smallest absolute Gasteiger partial charge is 0.271 e. The van der Waals surface area contributed by atoms with Gasteiger partial charge < -0.3 is 4.74 Å². The Kier molecular flexibility index (Phi) is 7.32. The average Bonchev–Trinajstić information content (AvgIpc) is 3.39. The highest BCUT2D eigenvalue weighted by molar-refractivity contribution is 6.32. The maximum Gasteiger partial charge on any atom is 0.271 e. The van der Waals surface area contributed by atoms with E-state index in [0.29, 0.717) is 33.2 Å². The van der Waals surface area contributed by atoms with E-state index in [4.69, 9.17) is 21.4 Å². The third-order valence-corrected chi connectivity index (χ3v) is 6.86. The van der Waals surface area contributed by atoms with Crippen molar-refractivity contribution in [3.8, 4) is 28.8 Å². The summed E-state index contributed by atoms with van der Waals surface area (Å²) in [6.07, 6.45) is 3.39. The first kappa shape index (κ1) is 26.6. The number of amides is 2. The first-order valence-electron chi connectivity index (χ1n) is 12.2. The Balaban J connectivity index is 1.65. The number of benzene rings is 3. The predicted octanol–water partition coefficient (Wildman–Crippen LogP) is 6.13. The number of para-hydroxylation sites is 1. The third kappa shape index (κ3) is 5.03. The zero-order chi connectivity index (χ0) is 28.4. The molecular weight excluding hydrogens is 531 g/mol. The molecule has 0 radical (unpaired) electrons. The van der Waals surface area contributed by atoms with Crippen molar-refractivity contribution in [2.45, 2.75) is 13.5 Å². The van der Waals surface area contributed by atoms with Gasteiger partial charge in [-0.3, -0.25) is 14.5 Å². The predicted molar refractivity (Wildman–Crippen MR) is 149 cm³/mol. The molecule has 4 aromatic rings. The summed E-state index contributed by atoms with van der Waals surface area (Å²) >= 11 is 6.41. The summed E-state index contributed by atoms with van der Waals surface area (Å²) in [5.41, 5.74) is 3.41. The Morgan fingerprint density at radius 2 is 1.77 bits per heavy atom. The van der Waals surface area contributed by atoms with E-state index in [1.807, 2.05) is 36.4 Å². The van der Waals surface area contributed by atoms with E-state index >= 15 is 0 Å². The van der Waals surface area contributed by atoms with Gasteiger partial charge in [0.15, 0.2) is 0 Å². The van der Waals surface area contributed by atoms with Gasteiger partial charge >= 0.3 is 0 Å². The van der Waals surface area contributed by atoms with Crippen LogP contribution < -0.4 is 4.74 Å². The molecule has 9 heteroatoms. The Labute approximate surface area is 235 Å². The van der Waals surface area contributed by atoms with Gasteiger partial charge in [0.1, 0.15) is 28.9 Å². The van der Waals surface area contributed by atoms with Gasteiger partial charge in [-0.05, 0) is 66.6 Å². The molecule has 1 aliphatic rings. The molecule has 2 heterocycles. The second kappa shape index (κ2) is 11.0. The minimum atomic E-state index is -0.700. The molecule has 1 aliphatic heterocycles. The molecule has 1 aromatic heterocycles. The molecule has 3 aromatic carbocycles. The van der Waals surface area contributed by atoms with Gasteiger partial charge in [-0.2, -0.15) is 10.4 Å². The minimum Gasteiger partial charge on any atom is -0.495 e. The maximum atomic E-state index is 13.7. The molecular formula is C31H22ClFN4O3. The molecule has 0 saturated heterocycles. The highest BCUT2D eigenvalue weighted by Crippen LogP contribution is 2.34. The fourth-order valence-corrected chi connectivity index (χ4v) is 4.70. The van der Waals surface area contributed by atoms with E-state index in [-0.39, 0.29) is 23.3 Å². The SMILES string of the molecule is COc1ccc(-c2nn(-c3ccccc3)cc2/C=C2/C(=O)N(Cc3ccc(F)cc3)C(=O)C(C#N)=C2C)cc1Cl. The molecule has 0 fully saturated rings. The Hall–Kier alpha value is -5.00. The molecule has 198 valence electrons. The second-order valence-electron chi connectivity index (χ2n) is 9.06. The van der Waals surface area contributed by atoms with Crippen molar-refractivity contribution < 1.29 is 18.7 Å². The summed E-state index contributed by atoms with van der Waals surface area (Å²) in [6.45, 7) is 1.46. The van der Waals surface area contributed by atoms with Gasteiger partial charge in [0, 0.05) is 22.9 Å². The number of halogens is 2. The zero-order valence-corrected chi connectivity index (χ0v) is 22.3. The van der Waals surface area contributed by atoms with Crippen molar-refractivity contribution in [2.75, 3.05) is 7.11 Å². The fraction of sp³-hybridized carbons (Fsp3) is 0.0968. The number of carbonyl (C=O) groups excluding carboxylic acids is 2. The number of aromatic nitrogens is 2. The van der Waals surface area contributed by atoms with Gasteiger partial charge in [0.05, 0.1) is 24.4 Å². The van der Waals surface area contributed by atoms with Crippen LogP contribution in [0.1, 0.15) is 18.1 Å². The van der Waals surface area contributed by atoms with Crippen LogP contribution in [0.15, 0.2) is 95.7 Å². The van der Waals surface area contributed by atoms with Crippen LogP contribution in [0.4, 0.5) is 4.39 Å². The van der Waals surface area contributed by atoms with Crippen molar-refractivity contribution in [1.82, 2.24) is 14.7 Å². The van der Waals surface area contributed by atoms with Crippen LogP contribution in [-0.2, 0) is 16.1 Å². The van der Waals surface area contributed by atoms with Crippen LogP contribution in [0.3, 0.4) is 0 Å². The quantitative estimate of drug-likeness (QED) is 0.212. The molecule has 5 rings (SSSR count). The van der Waals surface area contributed by atoms with E-state index < -0.39 is 17.6 Å². The Morgan fingerprint density at radius 3 is 2.42 bits per heavy atom. The second-order valence-corrected chi connectivity index (χ2v) is 9.46. The lowest BCUT2D eigenvalue weighted by Gasteiger charge is -2.27. The molecule has 0 spiro atoms. The van der Waals surface area contributed by atoms with Crippen LogP contribution in [0.25, 0.3) is 23.0 Å². The summed E-state index contributed by atoms with van der Waals surface area (Å²) in [4.78, 5) is 27.8. The topological polar surface area (TPSA) is 88.2 Å². The summed E-state index contributed by atoms with van der Waals surface area (Å²) in [5, 5.41) is 15.0. The molecule has 0 bridgehead atoms. The number of nitrogens with zero attached hydrogens (tertiary/aromatic N) is 4. The fourth-order valence-electron chi connectivity index (χ4n) is 4.45. The summed E-state index contributed by atoms with van der Waals surface area (Å²) in [5.74, 6) is -1.20. The number of ether oxygens (including phenoxy) is 1. The molecule has 0 saturated carbocycles. The van der Waals surface area contributed by atoms with Crippen molar-refractivity contribution in [3.63, 3.8) is 0 Å². The minimum absolute atomic E-state index is 0.113. The average molecular weight is 553 g/mol. The monoisotopic (exact) mass is 552 g/mol. The largest absolute Gasteiger partial charge is 0.495 e. The van der Waals surface area contributed by atoms with Gasteiger partial charge in [0.25, 0.3) is 11.8 Å². The first-order chi connectivity index (χ1) is 19.3. The van der Waals surface area contributed by atoms with Crippen molar-refractivity contribution >= 4 is 29.5 Å². The third-order valence-electron chi connectivity index (χ3n) is 6.57. The molecule has 0 atom stereocenters. The highest BCUT2D eigenvalue weighted by atomic mass is 35.5. The molecule has 0 unspecified atom stereocenters. The number of hydrogen-bond donors (Lipinski definition) is 0. The molecule has 0 aliphatic carbocycles. The summed E-state index contributed by atoms with van der Waals surface area (Å²) < 4.78 is 20.4. The Bertz CT molecular complexity index is 1730. The van der Waals surface area contributed by atoms with E-state index in [1.165, 1.54) is 31.4 Å². The first-order valence-corrected chi connectivity index (χ1v) is 12.6. The zero-order valence-electron chi connectivity index (χ0n) is 21.6. The standard InChI is InChI=1S/C31H22ClFN4O3/c1-19-25(30(38)36(31(39)26(19)16-34)17-20-8-11-23(33)12-9-20)14-22-18-37(24-6-4-3-5-7-24)35-29(22)21-10-13-28(40-2)27(32)15-21/h3-15,18H,17H2,1-2H3/b25-14+. The molecule has 0 N–H and O–H groups in total. The highest BCUT2D eigenvalue weighted by Gasteiger charge is 2.35. The van der Waals surface area contributed by atoms with Gasteiger partial charge in [-0.25, -0.2) is 9.07 Å². The Morgan fingerprint density at radius 1 is 1.05 bits per heavy atom. The van der Waals surface area contributed by atoms with Crippen LogP contribution >= 0.6 is 11.6 Å². The molecule has 2 amide bonds. The van der Waals surface area contributed by atoms with Crippen molar-refractivity contribution in [2.24, 2.45) is 0 Å². The summed E-state index contributed by atoms with van der Waals surface area (Å²) in [7, 11) is 1.52. The summed E-state index contributed by atoms with van der Waals surface area (Å²) in [6, 6.07) is 22.1. The molecule has 7 nitrogen and oxygen atoms in total. The van der Waals surface area contributed by atoms with Crippen LogP contribution in [0, 0.1) is 17.1 Å². The van der Waals surface area contributed by atoms with Crippen LogP contribution in [0.5, 0.6) is 5.75 Å². The molecule has 40 heavy (non-hydrogen) atoms. The van der Waals surface area contributed by atoms with E-state index in [9.17, 15) is 19.2 Å². The van der Waals surface area contributed by atoms with Gasteiger partial charge in [0.2, 0.25) is 0 Å². The number of hydrogen-bond acceptors (Lipinski definition) is 5. The van der Waals surface area contributed by atoms with Crippen molar-refractivity contribution in [1.29, 1.82) is 5.26 Å². The van der Waals surface area contributed by atoms with Crippen molar-refractivity contribution in [3.05, 3.63) is 118 Å². The lowest BCUT2D eigenvalue weighted by molar-refractivity contribution is -0.141. The van der Waals surface area contributed by atoms with E-state index in [0.717, 1.165) is 10.6 Å². The maximum absolute atomic E-state index is 13.7. The number of carbonyl (C=O) groups is 2. The van der Waals surface area contributed by atoms with Gasteiger partial charge in [-0.15, -0.1) is 0 Å². The van der Waals surface area contributed by atoms with Gasteiger partial charge in [-0.1, -0.05) is 41.9 Å². The van der Waals surface area contributed by atoms with E-state index in [2.05, 4.69) is 0 Å². The number of methoxy groups -OCH3 is 1. The lowest BCUT2D eigenvalue weighted by atomic mass is 9.93. The lowest BCUT2D eigenvalue weighted by Crippen LogP contribution is -2.42.